The summed E-state index contributed by atoms with van der Waals surface area (Å²) in [6.07, 6.45) is 2.34. The van der Waals surface area contributed by atoms with Gasteiger partial charge in [-0.15, -0.1) is 11.3 Å². The number of amides is 1. The van der Waals surface area contributed by atoms with Gasteiger partial charge >= 0.3 is 0 Å². The third kappa shape index (κ3) is 4.15. The molecule has 0 bridgehead atoms. The van der Waals surface area contributed by atoms with E-state index in [9.17, 15) is 9.59 Å². The van der Waals surface area contributed by atoms with Crippen LogP contribution in [-0.2, 0) is 7.05 Å². The van der Waals surface area contributed by atoms with Gasteiger partial charge in [0.05, 0.1) is 16.8 Å². The summed E-state index contributed by atoms with van der Waals surface area (Å²) in [5.74, 6) is -0.0542. The molecule has 0 saturated carbocycles. The maximum Gasteiger partial charge on any atom is 0.282 e. The summed E-state index contributed by atoms with van der Waals surface area (Å²) in [5, 5.41) is 11.8. The van der Waals surface area contributed by atoms with Crippen LogP contribution in [0.15, 0.2) is 33.0 Å². The van der Waals surface area contributed by atoms with E-state index in [1.54, 1.807) is 19.3 Å². The van der Waals surface area contributed by atoms with Crippen molar-refractivity contribution in [3.63, 3.8) is 0 Å². The Labute approximate surface area is 134 Å². The maximum atomic E-state index is 11.7. The summed E-state index contributed by atoms with van der Waals surface area (Å²) in [7, 11) is 1.59. The Hall–Kier alpha value is -1.67. The van der Waals surface area contributed by atoms with E-state index in [1.807, 2.05) is 11.4 Å². The average Bonchev–Trinajstić information content (AvgIpc) is 3.01. The van der Waals surface area contributed by atoms with E-state index in [4.69, 9.17) is 0 Å². The molecule has 1 amide bonds. The number of rotatable bonds is 6. The highest BCUT2D eigenvalue weighted by Gasteiger charge is 2.07. The molecule has 0 spiro atoms. The van der Waals surface area contributed by atoms with Gasteiger partial charge in [-0.25, -0.2) is 4.68 Å². The molecule has 0 aromatic carbocycles. The van der Waals surface area contributed by atoms with Crippen LogP contribution in [0.4, 0.5) is 5.69 Å². The first-order valence-corrected chi connectivity index (χ1v) is 8.04. The largest absolute Gasteiger partial charge is 0.383 e. The first kappa shape index (κ1) is 15.7. The van der Waals surface area contributed by atoms with Gasteiger partial charge in [-0.2, -0.15) is 5.10 Å². The first-order chi connectivity index (χ1) is 10.1. The van der Waals surface area contributed by atoms with Crippen molar-refractivity contribution < 1.29 is 4.79 Å². The third-order valence-electron chi connectivity index (χ3n) is 2.78. The van der Waals surface area contributed by atoms with Crippen molar-refractivity contribution in [2.75, 3.05) is 18.4 Å². The molecule has 0 aliphatic carbocycles. The van der Waals surface area contributed by atoms with E-state index in [2.05, 4.69) is 31.7 Å². The Morgan fingerprint density at radius 2 is 2.29 bits per heavy atom. The van der Waals surface area contributed by atoms with E-state index < -0.39 is 0 Å². The van der Waals surface area contributed by atoms with Crippen molar-refractivity contribution in [1.82, 2.24) is 15.1 Å². The highest BCUT2D eigenvalue weighted by atomic mass is 79.9. The predicted molar refractivity (Wildman–Crippen MR) is 86.9 cm³/mol. The molecule has 0 aliphatic rings. The number of anilines is 1. The van der Waals surface area contributed by atoms with Crippen LogP contribution in [0.1, 0.15) is 16.1 Å². The zero-order valence-corrected chi connectivity index (χ0v) is 13.8. The quantitative estimate of drug-likeness (QED) is 0.760. The van der Waals surface area contributed by atoms with Crippen LogP contribution in [0, 0.1) is 0 Å². The lowest BCUT2D eigenvalue weighted by atomic mass is 10.3. The number of thiophene rings is 1. The number of halogens is 1. The Kier molecular flexibility index (Phi) is 5.51. The van der Waals surface area contributed by atoms with E-state index in [-0.39, 0.29) is 11.5 Å². The second kappa shape index (κ2) is 7.37. The van der Waals surface area contributed by atoms with Gasteiger partial charge < -0.3 is 10.6 Å². The molecule has 2 aromatic heterocycles. The van der Waals surface area contributed by atoms with Crippen molar-refractivity contribution in [3.8, 4) is 0 Å². The molecule has 0 radical (unpaired) electrons. The molecule has 2 aromatic rings. The number of nitrogens with zero attached hydrogens (tertiary/aromatic N) is 2. The summed E-state index contributed by atoms with van der Waals surface area (Å²) >= 11 is 4.66. The molecule has 0 atom stereocenters. The number of carbonyl (C=O) groups is 1. The maximum absolute atomic E-state index is 11.7. The minimum Gasteiger partial charge on any atom is -0.383 e. The summed E-state index contributed by atoms with van der Waals surface area (Å²) in [5.41, 5.74) is 0.466. The van der Waals surface area contributed by atoms with Crippen LogP contribution in [0.3, 0.4) is 0 Å². The average molecular weight is 371 g/mol. The second-order valence-corrected chi connectivity index (χ2v) is 6.06. The first-order valence-electron chi connectivity index (χ1n) is 6.37. The summed E-state index contributed by atoms with van der Waals surface area (Å²) in [6.45, 7) is 1.21. The second-order valence-electron chi connectivity index (χ2n) is 4.31. The Bertz CT molecular complexity index is 669. The molecule has 2 rings (SSSR count). The van der Waals surface area contributed by atoms with Crippen molar-refractivity contribution in [2.45, 2.75) is 6.42 Å². The van der Waals surface area contributed by atoms with Crippen molar-refractivity contribution in [3.05, 3.63) is 43.4 Å². The zero-order chi connectivity index (χ0) is 15.2. The fourth-order valence-corrected chi connectivity index (χ4v) is 2.78. The van der Waals surface area contributed by atoms with E-state index in [0.717, 1.165) is 6.42 Å². The van der Waals surface area contributed by atoms with Crippen LogP contribution >= 0.6 is 27.3 Å². The highest BCUT2D eigenvalue weighted by Crippen LogP contribution is 2.15. The fourth-order valence-electron chi connectivity index (χ4n) is 1.64. The Balaban J connectivity index is 1.74. The highest BCUT2D eigenvalue weighted by molar-refractivity contribution is 9.10. The van der Waals surface area contributed by atoms with E-state index >= 15 is 0 Å². The summed E-state index contributed by atoms with van der Waals surface area (Å²) < 4.78 is 1.72. The van der Waals surface area contributed by atoms with Crippen LogP contribution < -0.4 is 16.2 Å². The van der Waals surface area contributed by atoms with Gasteiger partial charge in [0.1, 0.15) is 4.47 Å². The number of nitrogens with one attached hydrogen (secondary N) is 2. The van der Waals surface area contributed by atoms with Gasteiger partial charge in [0.25, 0.3) is 11.5 Å². The molecule has 0 unspecified atom stereocenters. The lowest BCUT2D eigenvalue weighted by molar-refractivity contribution is 0.0957. The van der Waals surface area contributed by atoms with Crippen LogP contribution in [0.5, 0.6) is 0 Å². The molecule has 0 fully saturated rings. The Morgan fingerprint density at radius 1 is 1.48 bits per heavy atom. The Morgan fingerprint density at radius 3 is 3.00 bits per heavy atom. The van der Waals surface area contributed by atoms with Crippen LogP contribution in [0.2, 0.25) is 0 Å². The molecular formula is C13H15BrN4O2S. The molecule has 2 heterocycles. The van der Waals surface area contributed by atoms with E-state index in [1.165, 1.54) is 16.0 Å². The predicted octanol–water partition coefficient (Wildman–Crippen LogP) is 1.84. The van der Waals surface area contributed by atoms with Gasteiger partial charge in [0, 0.05) is 20.1 Å². The SMILES string of the molecule is Cn1ncc(NCCCNC(=O)c2cccs2)c(Br)c1=O. The minimum absolute atomic E-state index is 0.0542. The number of aromatic nitrogens is 2. The number of hydrogen-bond acceptors (Lipinski definition) is 5. The molecule has 21 heavy (non-hydrogen) atoms. The molecule has 112 valence electrons. The molecule has 8 heteroatoms. The fraction of sp³-hybridized carbons (Fsp3) is 0.308. The van der Waals surface area contributed by atoms with Gasteiger partial charge in [-0.05, 0) is 33.8 Å². The van der Waals surface area contributed by atoms with Crippen LogP contribution in [0.25, 0.3) is 0 Å². The normalized spacial score (nSPS) is 10.4. The van der Waals surface area contributed by atoms with E-state index in [0.29, 0.717) is 28.1 Å². The number of hydrogen-bond donors (Lipinski definition) is 2. The topological polar surface area (TPSA) is 76.0 Å². The van der Waals surface area contributed by atoms with Gasteiger partial charge in [0.2, 0.25) is 0 Å². The monoisotopic (exact) mass is 370 g/mol. The molecule has 0 aliphatic heterocycles. The molecular weight excluding hydrogens is 356 g/mol. The molecule has 6 nitrogen and oxygen atoms in total. The summed E-state index contributed by atoms with van der Waals surface area (Å²) in [4.78, 5) is 24.1. The zero-order valence-electron chi connectivity index (χ0n) is 11.4. The van der Waals surface area contributed by atoms with Gasteiger partial charge in [0.15, 0.2) is 0 Å². The molecule has 0 saturated heterocycles. The van der Waals surface area contributed by atoms with Gasteiger partial charge in [-0.1, -0.05) is 6.07 Å². The third-order valence-corrected chi connectivity index (χ3v) is 4.41. The standard InChI is InChI=1S/C13H15BrN4O2S/c1-18-13(20)11(14)9(8-17-18)15-5-3-6-16-12(19)10-4-2-7-21-10/h2,4,7-8,15H,3,5-6H2,1H3,(H,16,19). The number of carbonyl (C=O) groups excluding carboxylic acids is 1. The minimum atomic E-state index is -0.189. The number of aryl methyl sites for hydroxylation is 1. The van der Waals surface area contributed by atoms with Crippen molar-refractivity contribution in [1.29, 1.82) is 0 Å². The lowest BCUT2D eigenvalue weighted by Gasteiger charge is -2.09. The van der Waals surface area contributed by atoms with Crippen molar-refractivity contribution >= 4 is 38.9 Å². The molecule has 2 N–H and O–H groups in total. The summed E-state index contributed by atoms with van der Waals surface area (Å²) in [6, 6.07) is 3.64. The van der Waals surface area contributed by atoms with Crippen molar-refractivity contribution in [2.24, 2.45) is 7.05 Å². The van der Waals surface area contributed by atoms with Crippen LogP contribution in [-0.4, -0.2) is 28.8 Å². The lowest BCUT2D eigenvalue weighted by Crippen LogP contribution is -2.25. The van der Waals surface area contributed by atoms with Gasteiger partial charge in [-0.3, -0.25) is 9.59 Å². The smallest absolute Gasteiger partial charge is 0.282 e.